The predicted octanol–water partition coefficient (Wildman–Crippen LogP) is 1.33. The average Bonchev–Trinajstić information content (AvgIpc) is 2.40. The van der Waals surface area contributed by atoms with Crippen LogP contribution in [0.2, 0.25) is 0 Å². The van der Waals surface area contributed by atoms with Gasteiger partial charge in [0.2, 0.25) is 0 Å². The molecule has 3 atom stereocenters. The van der Waals surface area contributed by atoms with Crippen LogP contribution in [0.1, 0.15) is 13.3 Å². The lowest BCUT2D eigenvalue weighted by Crippen LogP contribution is -1.99. The summed E-state index contributed by atoms with van der Waals surface area (Å²) in [7, 11) is 0. The summed E-state index contributed by atoms with van der Waals surface area (Å²) in [5, 5.41) is 8.34. The van der Waals surface area contributed by atoms with Gasteiger partial charge in [-0.25, -0.2) is 0 Å². The molecular formula is C6H9ClO2. The van der Waals surface area contributed by atoms with Crippen molar-refractivity contribution >= 4 is 17.6 Å². The van der Waals surface area contributed by atoms with Gasteiger partial charge in [0.25, 0.3) is 0 Å². The van der Waals surface area contributed by atoms with Gasteiger partial charge in [-0.2, -0.15) is 0 Å². The Hall–Kier alpha value is -0.240. The third kappa shape index (κ3) is 1.04. The molecular weight excluding hydrogens is 140 g/mol. The molecule has 0 aromatic carbocycles. The van der Waals surface area contributed by atoms with Crippen LogP contribution in [-0.2, 0) is 4.79 Å². The van der Waals surface area contributed by atoms with E-state index in [4.69, 9.17) is 16.7 Å². The standard InChI is InChI=1S/C6H9ClO2/c1-2-3-4(5(3)7)6(8)9/h3-5H,2H2,1H3,(H,8,9)/t3-,4+,5-/m0/s1. The number of aliphatic carboxylic acids is 1. The molecule has 1 aliphatic rings. The molecule has 0 aliphatic heterocycles. The highest BCUT2D eigenvalue weighted by molar-refractivity contribution is 6.24. The summed E-state index contributed by atoms with van der Waals surface area (Å²) < 4.78 is 0. The summed E-state index contributed by atoms with van der Waals surface area (Å²) in [6.07, 6.45) is 0.880. The Kier molecular flexibility index (Phi) is 1.66. The Morgan fingerprint density at radius 3 is 2.44 bits per heavy atom. The Labute approximate surface area is 58.8 Å². The van der Waals surface area contributed by atoms with Gasteiger partial charge in [-0.05, 0) is 5.92 Å². The largest absolute Gasteiger partial charge is 0.481 e. The van der Waals surface area contributed by atoms with Crippen molar-refractivity contribution in [1.29, 1.82) is 0 Å². The molecule has 0 saturated heterocycles. The van der Waals surface area contributed by atoms with E-state index in [9.17, 15) is 4.79 Å². The number of rotatable bonds is 2. The van der Waals surface area contributed by atoms with Crippen LogP contribution in [0.3, 0.4) is 0 Å². The SMILES string of the molecule is CC[C@@H]1[C@H](Cl)[C@@H]1C(=O)O. The van der Waals surface area contributed by atoms with Crippen molar-refractivity contribution in [2.75, 3.05) is 0 Å². The first-order valence-corrected chi connectivity index (χ1v) is 3.49. The Balaban J connectivity index is 2.42. The Morgan fingerprint density at radius 2 is 2.33 bits per heavy atom. The number of carboxylic acids is 1. The molecule has 0 unspecified atom stereocenters. The second kappa shape index (κ2) is 2.18. The summed E-state index contributed by atoms with van der Waals surface area (Å²) in [6, 6.07) is 0. The van der Waals surface area contributed by atoms with Crippen LogP contribution < -0.4 is 0 Å². The van der Waals surface area contributed by atoms with Gasteiger partial charge >= 0.3 is 5.97 Å². The minimum Gasteiger partial charge on any atom is -0.481 e. The molecule has 0 bridgehead atoms. The van der Waals surface area contributed by atoms with Crippen molar-refractivity contribution in [3.05, 3.63) is 0 Å². The smallest absolute Gasteiger partial charge is 0.308 e. The van der Waals surface area contributed by atoms with E-state index in [1.165, 1.54) is 0 Å². The van der Waals surface area contributed by atoms with E-state index in [2.05, 4.69) is 0 Å². The summed E-state index contributed by atoms with van der Waals surface area (Å²) in [6.45, 7) is 1.96. The number of halogens is 1. The van der Waals surface area contributed by atoms with Crippen molar-refractivity contribution in [2.24, 2.45) is 11.8 Å². The second-order valence-electron chi connectivity index (χ2n) is 2.38. The maximum Gasteiger partial charge on any atom is 0.308 e. The van der Waals surface area contributed by atoms with Gasteiger partial charge in [0.1, 0.15) is 0 Å². The van der Waals surface area contributed by atoms with E-state index in [1.54, 1.807) is 0 Å². The van der Waals surface area contributed by atoms with Crippen molar-refractivity contribution in [3.8, 4) is 0 Å². The number of carbonyl (C=O) groups is 1. The van der Waals surface area contributed by atoms with E-state index in [-0.39, 0.29) is 17.2 Å². The topological polar surface area (TPSA) is 37.3 Å². The third-order valence-corrected chi connectivity index (χ3v) is 2.42. The minimum atomic E-state index is -0.748. The van der Waals surface area contributed by atoms with Crippen LogP contribution in [-0.4, -0.2) is 16.5 Å². The summed E-state index contributed by atoms with van der Waals surface area (Å²) in [5.74, 6) is -0.789. The summed E-state index contributed by atoms with van der Waals surface area (Å²) >= 11 is 5.63. The first-order chi connectivity index (χ1) is 4.18. The van der Waals surface area contributed by atoms with Gasteiger partial charge in [-0.15, -0.1) is 11.6 Å². The monoisotopic (exact) mass is 148 g/mol. The zero-order valence-corrected chi connectivity index (χ0v) is 5.93. The van der Waals surface area contributed by atoms with Gasteiger partial charge < -0.3 is 5.11 Å². The highest BCUT2D eigenvalue weighted by Gasteiger charge is 2.52. The fourth-order valence-electron chi connectivity index (χ4n) is 1.13. The van der Waals surface area contributed by atoms with Crippen molar-refractivity contribution in [2.45, 2.75) is 18.7 Å². The van der Waals surface area contributed by atoms with Crippen LogP contribution in [0.25, 0.3) is 0 Å². The zero-order chi connectivity index (χ0) is 7.02. The molecule has 0 aromatic rings. The molecule has 52 valence electrons. The molecule has 0 amide bonds. The lowest BCUT2D eigenvalue weighted by molar-refractivity contribution is -0.138. The van der Waals surface area contributed by atoms with E-state index in [1.807, 2.05) is 6.92 Å². The molecule has 1 aliphatic carbocycles. The van der Waals surface area contributed by atoms with Crippen LogP contribution in [0, 0.1) is 11.8 Å². The van der Waals surface area contributed by atoms with Gasteiger partial charge in [0.15, 0.2) is 0 Å². The number of hydrogen-bond acceptors (Lipinski definition) is 1. The van der Waals surface area contributed by atoms with Crippen molar-refractivity contribution in [3.63, 3.8) is 0 Å². The highest BCUT2D eigenvalue weighted by atomic mass is 35.5. The molecule has 0 spiro atoms. The van der Waals surface area contributed by atoms with E-state index in [0.717, 1.165) is 6.42 Å². The van der Waals surface area contributed by atoms with Crippen LogP contribution >= 0.6 is 11.6 Å². The quantitative estimate of drug-likeness (QED) is 0.600. The average molecular weight is 149 g/mol. The molecule has 1 rings (SSSR count). The van der Waals surface area contributed by atoms with Crippen LogP contribution in [0.4, 0.5) is 0 Å². The second-order valence-corrected chi connectivity index (χ2v) is 2.88. The normalized spacial score (nSPS) is 40.4. The van der Waals surface area contributed by atoms with Crippen LogP contribution in [0.15, 0.2) is 0 Å². The van der Waals surface area contributed by atoms with Gasteiger partial charge in [0, 0.05) is 0 Å². The maximum absolute atomic E-state index is 10.3. The fourth-order valence-corrected chi connectivity index (χ4v) is 1.68. The molecule has 9 heavy (non-hydrogen) atoms. The first-order valence-electron chi connectivity index (χ1n) is 3.05. The highest BCUT2D eigenvalue weighted by Crippen LogP contribution is 2.46. The molecule has 3 heteroatoms. The molecule has 0 aromatic heterocycles. The zero-order valence-electron chi connectivity index (χ0n) is 5.17. The Morgan fingerprint density at radius 1 is 1.78 bits per heavy atom. The summed E-state index contributed by atoms with van der Waals surface area (Å²) in [5.41, 5.74) is 0. The minimum absolute atomic E-state index is 0.104. The van der Waals surface area contributed by atoms with Crippen LogP contribution in [0.5, 0.6) is 0 Å². The van der Waals surface area contributed by atoms with E-state index in [0.29, 0.717) is 0 Å². The molecule has 2 nitrogen and oxygen atoms in total. The fraction of sp³-hybridized carbons (Fsp3) is 0.833. The van der Waals surface area contributed by atoms with Gasteiger partial charge in [-0.1, -0.05) is 13.3 Å². The van der Waals surface area contributed by atoms with E-state index < -0.39 is 5.97 Å². The molecule has 1 fully saturated rings. The first kappa shape index (κ1) is 6.87. The molecule has 1 N–H and O–H groups in total. The number of hydrogen-bond donors (Lipinski definition) is 1. The molecule has 0 radical (unpaired) electrons. The lowest BCUT2D eigenvalue weighted by atomic mass is 10.3. The maximum atomic E-state index is 10.3. The summed E-state index contributed by atoms with van der Waals surface area (Å²) in [4.78, 5) is 10.3. The lowest BCUT2D eigenvalue weighted by Gasteiger charge is -1.83. The third-order valence-electron chi connectivity index (χ3n) is 1.83. The number of alkyl halides is 1. The molecule has 0 heterocycles. The van der Waals surface area contributed by atoms with Gasteiger partial charge in [0.05, 0.1) is 11.3 Å². The van der Waals surface area contributed by atoms with E-state index >= 15 is 0 Å². The van der Waals surface area contributed by atoms with Crippen molar-refractivity contribution in [1.82, 2.24) is 0 Å². The number of carboxylic acid groups (broad SMARTS) is 1. The Bertz CT molecular complexity index is 135. The molecule has 1 saturated carbocycles. The van der Waals surface area contributed by atoms with Gasteiger partial charge in [-0.3, -0.25) is 4.79 Å². The predicted molar refractivity (Wildman–Crippen MR) is 34.5 cm³/mol. The van der Waals surface area contributed by atoms with Crippen molar-refractivity contribution < 1.29 is 9.90 Å².